The van der Waals surface area contributed by atoms with E-state index in [2.05, 4.69) is 38.9 Å². The fraction of sp³-hybridized carbons (Fsp3) is 0.778. The molecule has 5 heteroatoms. The van der Waals surface area contributed by atoms with Gasteiger partial charge in [0.05, 0.1) is 0 Å². The number of aromatic nitrogens is 2. The first-order chi connectivity index (χ1) is 11.1. The zero-order valence-electron chi connectivity index (χ0n) is 14.7. The van der Waals surface area contributed by atoms with Gasteiger partial charge in [0, 0.05) is 57.7 Å². The molecule has 1 aromatic rings. The molecule has 0 spiro atoms. The third kappa shape index (κ3) is 4.88. The predicted octanol–water partition coefficient (Wildman–Crippen LogP) is 2.16. The average molecular weight is 317 g/mol. The molecule has 23 heavy (non-hydrogen) atoms. The summed E-state index contributed by atoms with van der Waals surface area (Å²) in [6.45, 7) is 11.4. The number of hydrogen-bond donors (Lipinski definition) is 1. The third-order valence-electron chi connectivity index (χ3n) is 5.27. The Morgan fingerprint density at radius 3 is 2.61 bits per heavy atom. The molecule has 0 aromatic carbocycles. The van der Waals surface area contributed by atoms with E-state index in [0.29, 0.717) is 5.41 Å². The summed E-state index contributed by atoms with van der Waals surface area (Å²) in [6.07, 6.45) is 9.08. The van der Waals surface area contributed by atoms with Crippen LogP contribution in [0.25, 0.3) is 0 Å². The maximum atomic E-state index is 4.35. The van der Waals surface area contributed by atoms with Crippen LogP contribution < -0.4 is 10.2 Å². The van der Waals surface area contributed by atoms with E-state index >= 15 is 0 Å². The minimum atomic E-state index is 0.525. The molecule has 5 nitrogen and oxygen atoms in total. The Labute approximate surface area is 140 Å². The van der Waals surface area contributed by atoms with E-state index in [-0.39, 0.29) is 0 Å². The summed E-state index contributed by atoms with van der Waals surface area (Å²) >= 11 is 0. The van der Waals surface area contributed by atoms with Gasteiger partial charge in [0.25, 0.3) is 0 Å². The maximum absolute atomic E-state index is 4.35. The molecule has 2 fully saturated rings. The summed E-state index contributed by atoms with van der Waals surface area (Å²) in [6, 6.07) is 2.59. The minimum absolute atomic E-state index is 0.525. The van der Waals surface area contributed by atoms with Gasteiger partial charge in [-0.15, -0.1) is 0 Å². The van der Waals surface area contributed by atoms with Crippen molar-refractivity contribution in [3.05, 3.63) is 18.5 Å². The van der Waals surface area contributed by atoms with E-state index < -0.39 is 0 Å². The van der Waals surface area contributed by atoms with Gasteiger partial charge >= 0.3 is 0 Å². The van der Waals surface area contributed by atoms with Gasteiger partial charge in [0.1, 0.15) is 0 Å². The highest BCUT2D eigenvalue weighted by atomic mass is 15.3. The monoisotopic (exact) mass is 317 g/mol. The van der Waals surface area contributed by atoms with Crippen molar-refractivity contribution in [3.8, 4) is 0 Å². The van der Waals surface area contributed by atoms with Crippen LogP contribution in [0.2, 0.25) is 0 Å². The molecule has 1 atom stereocenters. The van der Waals surface area contributed by atoms with Crippen LogP contribution in [0.5, 0.6) is 0 Å². The zero-order valence-corrected chi connectivity index (χ0v) is 14.7. The lowest BCUT2D eigenvalue weighted by Crippen LogP contribution is -2.49. The second-order valence-electron chi connectivity index (χ2n) is 7.79. The third-order valence-corrected chi connectivity index (χ3v) is 5.27. The molecular weight excluding hydrogens is 286 g/mol. The molecule has 1 N–H and O–H groups in total. The van der Waals surface area contributed by atoms with Crippen molar-refractivity contribution in [3.63, 3.8) is 0 Å². The summed E-state index contributed by atoms with van der Waals surface area (Å²) in [5, 5.41) is 3.79. The predicted molar refractivity (Wildman–Crippen MR) is 94.7 cm³/mol. The van der Waals surface area contributed by atoms with Gasteiger partial charge in [-0.25, -0.2) is 9.97 Å². The first-order valence-electron chi connectivity index (χ1n) is 9.10. The Hall–Kier alpha value is -1.20. The smallest absolute Gasteiger partial charge is 0.225 e. The molecule has 1 unspecified atom stereocenters. The Morgan fingerprint density at radius 1 is 1.17 bits per heavy atom. The average Bonchev–Trinajstić information content (AvgIpc) is 2.55. The first kappa shape index (κ1) is 16.7. The van der Waals surface area contributed by atoms with E-state index in [1.54, 1.807) is 0 Å². The van der Waals surface area contributed by atoms with Crippen molar-refractivity contribution in [2.75, 3.05) is 44.2 Å². The van der Waals surface area contributed by atoms with Crippen LogP contribution in [0, 0.1) is 5.41 Å². The van der Waals surface area contributed by atoms with Crippen LogP contribution in [0.3, 0.4) is 0 Å². The quantitative estimate of drug-likeness (QED) is 0.901. The van der Waals surface area contributed by atoms with E-state index in [1.807, 2.05) is 18.5 Å². The molecule has 128 valence electrons. The SMILES string of the molecule is CC1(C)CCCC(NCCN2CCN(c3ncccn3)CC2)C1. The molecule has 2 heterocycles. The van der Waals surface area contributed by atoms with E-state index in [9.17, 15) is 0 Å². The second-order valence-corrected chi connectivity index (χ2v) is 7.79. The largest absolute Gasteiger partial charge is 0.338 e. The normalized spacial score (nSPS) is 25.5. The fourth-order valence-corrected chi connectivity index (χ4v) is 3.93. The molecule has 2 aliphatic rings. The molecule has 0 amide bonds. The number of rotatable bonds is 5. The highest BCUT2D eigenvalue weighted by molar-refractivity contribution is 5.29. The topological polar surface area (TPSA) is 44.3 Å². The second kappa shape index (κ2) is 7.58. The van der Waals surface area contributed by atoms with Gasteiger partial charge in [0.2, 0.25) is 5.95 Å². The minimum Gasteiger partial charge on any atom is -0.338 e. The van der Waals surface area contributed by atoms with Crippen molar-refractivity contribution < 1.29 is 0 Å². The van der Waals surface area contributed by atoms with Gasteiger partial charge in [-0.05, 0) is 30.7 Å². The van der Waals surface area contributed by atoms with Crippen LogP contribution >= 0.6 is 0 Å². The van der Waals surface area contributed by atoms with E-state index in [4.69, 9.17) is 0 Å². The van der Waals surface area contributed by atoms with Crippen LogP contribution in [0.4, 0.5) is 5.95 Å². The summed E-state index contributed by atoms with van der Waals surface area (Å²) in [4.78, 5) is 13.5. The molecule has 1 aliphatic carbocycles. The van der Waals surface area contributed by atoms with Crippen molar-refractivity contribution >= 4 is 5.95 Å². The Morgan fingerprint density at radius 2 is 1.91 bits per heavy atom. The van der Waals surface area contributed by atoms with Crippen molar-refractivity contribution in [2.45, 2.75) is 45.6 Å². The van der Waals surface area contributed by atoms with Gasteiger partial charge in [-0.3, -0.25) is 4.90 Å². The van der Waals surface area contributed by atoms with Crippen LogP contribution in [-0.2, 0) is 0 Å². The van der Waals surface area contributed by atoms with Gasteiger partial charge in [-0.1, -0.05) is 20.3 Å². The molecule has 1 aromatic heterocycles. The van der Waals surface area contributed by atoms with Crippen LogP contribution in [0.15, 0.2) is 18.5 Å². The molecule has 1 saturated carbocycles. The van der Waals surface area contributed by atoms with Crippen molar-refractivity contribution in [1.29, 1.82) is 0 Å². The Balaban J connectivity index is 1.35. The standard InChI is InChI=1S/C18H31N5/c1-18(2)6-3-5-16(15-18)19-9-10-22-11-13-23(14-12-22)17-20-7-4-8-21-17/h4,7-8,16,19H,3,5-6,9-15H2,1-2H3. The van der Waals surface area contributed by atoms with Crippen LogP contribution in [0.1, 0.15) is 39.5 Å². The highest BCUT2D eigenvalue weighted by Gasteiger charge is 2.27. The first-order valence-corrected chi connectivity index (χ1v) is 9.10. The lowest BCUT2D eigenvalue weighted by molar-refractivity contribution is 0.189. The number of piperazine rings is 1. The Bertz CT molecular complexity index is 468. The maximum Gasteiger partial charge on any atom is 0.225 e. The molecule has 1 saturated heterocycles. The van der Waals surface area contributed by atoms with Crippen LogP contribution in [-0.4, -0.2) is 60.2 Å². The molecule has 0 radical (unpaired) electrons. The van der Waals surface area contributed by atoms with Gasteiger partial charge in [0.15, 0.2) is 0 Å². The number of anilines is 1. The lowest BCUT2D eigenvalue weighted by Gasteiger charge is -2.37. The summed E-state index contributed by atoms with van der Waals surface area (Å²) in [5.41, 5.74) is 0.525. The number of hydrogen-bond acceptors (Lipinski definition) is 5. The molecule has 3 rings (SSSR count). The number of nitrogens with zero attached hydrogens (tertiary/aromatic N) is 4. The molecular formula is C18H31N5. The zero-order chi connectivity index (χ0) is 16.1. The van der Waals surface area contributed by atoms with E-state index in [1.165, 1.54) is 25.7 Å². The summed E-state index contributed by atoms with van der Waals surface area (Å²) in [5.74, 6) is 0.870. The van der Waals surface area contributed by atoms with Gasteiger partial charge in [-0.2, -0.15) is 0 Å². The Kier molecular flexibility index (Phi) is 5.49. The van der Waals surface area contributed by atoms with Crippen molar-refractivity contribution in [1.82, 2.24) is 20.2 Å². The molecule has 1 aliphatic heterocycles. The van der Waals surface area contributed by atoms with Crippen molar-refractivity contribution in [2.24, 2.45) is 5.41 Å². The summed E-state index contributed by atoms with van der Waals surface area (Å²) in [7, 11) is 0. The van der Waals surface area contributed by atoms with Gasteiger partial charge < -0.3 is 10.2 Å². The number of nitrogens with one attached hydrogen (secondary N) is 1. The van der Waals surface area contributed by atoms with E-state index in [0.717, 1.165) is 51.3 Å². The highest BCUT2D eigenvalue weighted by Crippen LogP contribution is 2.34. The summed E-state index contributed by atoms with van der Waals surface area (Å²) < 4.78 is 0. The lowest BCUT2D eigenvalue weighted by atomic mass is 9.75. The molecule has 0 bridgehead atoms. The fourth-order valence-electron chi connectivity index (χ4n) is 3.93.